The van der Waals surface area contributed by atoms with E-state index in [1.54, 1.807) is 0 Å². The van der Waals surface area contributed by atoms with Crippen LogP contribution in [-0.2, 0) is 0 Å². The molecule has 0 saturated heterocycles. The molecule has 20 heavy (non-hydrogen) atoms. The number of nitrogens with one attached hydrogen (secondary N) is 2. The molecule has 0 aromatic heterocycles. The minimum Gasteiger partial charge on any atom is -0.351 e. The molecule has 0 aliphatic carbocycles. The van der Waals surface area contributed by atoms with Crippen LogP contribution in [0.5, 0.6) is 0 Å². The van der Waals surface area contributed by atoms with Crippen LogP contribution in [0.4, 0.5) is 13.2 Å². The summed E-state index contributed by atoms with van der Waals surface area (Å²) in [6.45, 7) is 4.09. The van der Waals surface area contributed by atoms with E-state index in [4.69, 9.17) is 0 Å². The van der Waals surface area contributed by atoms with Crippen molar-refractivity contribution >= 4 is 17.7 Å². The number of rotatable bonds is 7. The van der Waals surface area contributed by atoms with E-state index in [2.05, 4.69) is 10.6 Å². The molecule has 0 heterocycles. The van der Waals surface area contributed by atoms with Gasteiger partial charge in [-0.05, 0) is 49.0 Å². The minimum absolute atomic E-state index is 0.0682. The average Bonchev–Trinajstić information content (AvgIpc) is 2.37. The summed E-state index contributed by atoms with van der Waals surface area (Å²) >= 11 is -0.194. The molecule has 1 rings (SSSR count). The lowest BCUT2D eigenvalue weighted by Crippen LogP contribution is -2.32. The molecule has 7 heteroatoms. The maximum Gasteiger partial charge on any atom is 0.446 e. The van der Waals surface area contributed by atoms with Crippen LogP contribution in [0.25, 0.3) is 0 Å². The first-order chi connectivity index (χ1) is 9.42. The van der Waals surface area contributed by atoms with Crippen molar-refractivity contribution in [2.24, 2.45) is 0 Å². The molecule has 0 unspecified atom stereocenters. The largest absolute Gasteiger partial charge is 0.446 e. The molecular weight excluding hydrogens is 289 g/mol. The lowest BCUT2D eigenvalue weighted by Gasteiger charge is -2.08. The van der Waals surface area contributed by atoms with Crippen LogP contribution in [0.2, 0.25) is 0 Å². The predicted molar refractivity (Wildman–Crippen MR) is 73.8 cm³/mol. The number of hydrogen-bond donors (Lipinski definition) is 2. The zero-order valence-corrected chi connectivity index (χ0v) is 11.9. The number of benzene rings is 1. The topological polar surface area (TPSA) is 41.1 Å². The molecular formula is C13H17F3N2OS. The Hall–Kier alpha value is -1.21. The number of carbonyl (C=O) groups excluding carboxylic acids is 1. The molecule has 2 N–H and O–H groups in total. The Balaban J connectivity index is 2.41. The van der Waals surface area contributed by atoms with Crippen LogP contribution in [0.1, 0.15) is 23.7 Å². The first kappa shape index (κ1) is 16.8. The van der Waals surface area contributed by atoms with Crippen molar-refractivity contribution in [3.8, 4) is 0 Å². The normalized spacial score (nSPS) is 11.4. The lowest BCUT2D eigenvalue weighted by atomic mass is 10.2. The van der Waals surface area contributed by atoms with E-state index in [-0.39, 0.29) is 22.6 Å². The molecule has 1 amide bonds. The molecule has 112 valence electrons. The van der Waals surface area contributed by atoms with Gasteiger partial charge in [-0.2, -0.15) is 13.2 Å². The highest BCUT2D eigenvalue weighted by Gasteiger charge is 2.29. The van der Waals surface area contributed by atoms with Gasteiger partial charge in [-0.25, -0.2) is 0 Å². The summed E-state index contributed by atoms with van der Waals surface area (Å²) in [6, 6.07) is 5.37. The fourth-order valence-electron chi connectivity index (χ4n) is 1.48. The monoisotopic (exact) mass is 306 g/mol. The standard InChI is InChI=1S/C13H17F3N2OS/c1-2-7-17-8-9-18-12(19)10-3-5-11(6-4-10)20-13(14,15)16/h3-6,17H,2,7-9H2,1H3,(H,18,19). The average molecular weight is 306 g/mol. The summed E-state index contributed by atoms with van der Waals surface area (Å²) in [7, 11) is 0. The number of carbonyl (C=O) groups is 1. The first-order valence-corrected chi connectivity index (χ1v) is 7.08. The SMILES string of the molecule is CCCNCCNC(=O)c1ccc(SC(F)(F)F)cc1. The summed E-state index contributed by atoms with van der Waals surface area (Å²) in [5.41, 5.74) is -3.96. The van der Waals surface area contributed by atoms with Crippen molar-refractivity contribution in [1.82, 2.24) is 10.6 Å². The quantitative estimate of drug-likeness (QED) is 0.601. The highest BCUT2D eigenvalue weighted by molar-refractivity contribution is 8.00. The van der Waals surface area contributed by atoms with Crippen molar-refractivity contribution in [2.45, 2.75) is 23.7 Å². The smallest absolute Gasteiger partial charge is 0.351 e. The Kier molecular flexibility index (Phi) is 6.87. The van der Waals surface area contributed by atoms with Gasteiger partial charge in [-0.1, -0.05) is 6.92 Å². The zero-order valence-electron chi connectivity index (χ0n) is 11.1. The van der Waals surface area contributed by atoms with Gasteiger partial charge in [-0.15, -0.1) is 0 Å². The second kappa shape index (κ2) is 8.16. The maximum absolute atomic E-state index is 12.1. The van der Waals surface area contributed by atoms with E-state index < -0.39 is 5.51 Å². The molecule has 0 bridgehead atoms. The Morgan fingerprint density at radius 3 is 2.35 bits per heavy atom. The van der Waals surface area contributed by atoms with Gasteiger partial charge in [0.25, 0.3) is 5.91 Å². The molecule has 1 aromatic carbocycles. The van der Waals surface area contributed by atoms with E-state index in [1.165, 1.54) is 24.3 Å². The second-order valence-corrected chi connectivity index (χ2v) is 5.22. The fourth-order valence-corrected chi connectivity index (χ4v) is 2.02. The fraction of sp³-hybridized carbons (Fsp3) is 0.462. The predicted octanol–water partition coefficient (Wildman–Crippen LogP) is 3.03. The zero-order chi connectivity index (χ0) is 15.0. The molecule has 0 spiro atoms. The van der Waals surface area contributed by atoms with Crippen molar-refractivity contribution < 1.29 is 18.0 Å². The van der Waals surface area contributed by atoms with Gasteiger partial charge in [0.2, 0.25) is 0 Å². The highest BCUT2D eigenvalue weighted by Crippen LogP contribution is 2.36. The van der Waals surface area contributed by atoms with Crippen LogP contribution in [0.15, 0.2) is 29.2 Å². The van der Waals surface area contributed by atoms with Crippen molar-refractivity contribution in [3.63, 3.8) is 0 Å². The van der Waals surface area contributed by atoms with Crippen LogP contribution in [0, 0.1) is 0 Å². The van der Waals surface area contributed by atoms with Crippen LogP contribution in [0.3, 0.4) is 0 Å². The van der Waals surface area contributed by atoms with E-state index in [0.717, 1.165) is 13.0 Å². The van der Waals surface area contributed by atoms with Crippen molar-refractivity contribution in [2.75, 3.05) is 19.6 Å². The Labute approximate surface area is 120 Å². The molecule has 0 atom stereocenters. The molecule has 0 aliphatic heterocycles. The van der Waals surface area contributed by atoms with Crippen LogP contribution < -0.4 is 10.6 Å². The van der Waals surface area contributed by atoms with Gasteiger partial charge in [-0.3, -0.25) is 4.79 Å². The van der Waals surface area contributed by atoms with Gasteiger partial charge in [0, 0.05) is 23.5 Å². The molecule has 0 saturated carbocycles. The third kappa shape index (κ3) is 6.81. The maximum atomic E-state index is 12.1. The Bertz CT molecular complexity index is 421. The lowest BCUT2D eigenvalue weighted by molar-refractivity contribution is -0.0328. The van der Waals surface area contributed by atoms with E-state index in [9.17, 15) is 18.0 Å². The van der Waals surface area contributed by atoms with Crippen molar-refractivity contribution in [1.29, 1.82) is 0 Å². The second-order valence-electron chi connectivity index (χ2n) is 4.08. The molecule has 1 aromatic rings. The summed E-state index contributed by atoms with van der Waals surface area (Å²) in [6.07, 6.45) is 1.02. The number of thioether (sulfide) groups is 1. The van der Waals surface area contributed by atoms with E-state index in [1.807, 2.05) is 6.92 Å². The van der Waals surface area contributed by atoms with Gasteiger partial charge in [0.1, 0.15) is 0 Å². The number of amides is 1. The van der Waals surface area contributed by atoms with Crippen LogP contribution >= 0.6 is 11.8 Å². The summed E-state index contributed by atoms with van der Waals surface area (Å²) in [5, 5.41) is 5.83. The third-order valence-corrected chi connectivity index (χ3v) is 3.10. The Morgan fingerprint density at radius 1 is 1.15 bits per heavy atom. The number of alkyl halides is 3. The Morgan fingerprint density at radius 2 is 1.80 bits per heavy atom. The van der Waals surface area contributed by atoms with Crippen LogP contribution in [-0.4, -0.2) is 31.0 Å². The molecule has 3 nitrogen and oxygen atoms in total. The molecule has 0 radical (unpaired) electrons. The van der Waals surface area contributed by atoms with Gasteiger partial charge >= 0.3 is 5.51 Å². The molecule has 0 aliphatic rings. The minimum atomic E-state index is -4.31. The number of hydrogen-bond acceptors (Lipinski definition) is 3. The molecule has 0 fully saturated rings. The number of halogens is 3. The van der Waals surface area contributed by atoms with Crippen molar-refractivity contribution in [3.05, 3.63) is 29.8 Å². The van der Waals surface area contributed by atoms with E-state index in [0.29, 0.717) is 18.7 Å². The van der Waals surface area contributed by atoms with Gasteiger partial charge in [0.05, 0.1) is 0 Å². The van der Waals surface area contributed by atoms with Gasteiger partial charge in [0.15, 0.2) is 0 Å². The highest BCUT2D eigenvalue weighted by atomic mass is 32.2. The third-order valence-electron chi connectivity index (χ3n) is 2.36. The summed E-state index contributed by atoms with van der Waals surface area (Å²) in [5.74, 6) is -0.285. The first-order valence-electron chi connectivity index (χ1n) is 6.27. The van der Waals surface area contributed by atoms with E-state index >= 15 is 0 Å². The summed E-state index contributed by atoms with van der Waals surface area (Å²) in [4.78, 5) is 11.8. The summed E-state index contributed by atoms with van der Waals surface area (Å²) < 4.78 is 36.4. The van der Waals surface area contributed by atoms with Gasteiger partial charge < -0.3 is 10.6 Å².